The van der Waals surface area contributed by atoms with Gasteiger partial charge < -0.3 is 5.32 Å². The van der Waals surface area contributed by atoms with E-state index < -0.39 is 0 Å². The Balaban J connectivity index is 2.33. The molecule has 0 aliphatic rings. The van der Waals surface area contributed by atoms with Crippen LogP contribution in [0.2, 0.25) is 10.0 Å². The molecule has 0 bridgehead atoms. The predicted molar refractivity (Wildman–Crippen MR) is 95.5 cm³/mol. The molecule has 0 saturated heterocycles. The lowest BCUT2D eigenvalue weighted by Gasteiger charge is -2.22. The average molecular weight is 387 g/mol. The van der Waals surface area contributed by atoms with E-state index in [-0.39, 0.29) is 6.04 Å². The minimum Gasteiger partial charge on any atom is -0.310 e. The molecule has 2 aromatic rings. The molecule has 0 fully saturated rings. The fraction of sp³-hybridized carbons (Fsp3) is 0.294. The Morgan fingerprint density at radius 2 is 1.95 bits per heavy atom. The van der Waals surface area contributed by atoms with Gasteiger partial charge in [0, 0.05) is 20.6 Å². The predicted octanol–water partition coefficient (Wildman–Crippen LogP) is 5.96. The summed E-state index contributed by atoms with van der Waals surface area (Å²) in [5.41, 5.74) is 3.65. The fourth-order valence-corrected chi connectivity index (χ4v) is 3.31. The van der Waals surface area contributed by atoms with Crippen LogP contribution in [0.1, 0.15) is 29.7 Å². The SMILES string of the molecule is CCNC(Cc1ccc(Cl)cc1Cl)c1cccc(Br)c1C. The number of likely N-dealkylation sites (N-methyl/N-ethyl adjacent to an activating group) is 1. The Kier molecular flexibility index (Phi) is 6.12. The molecule has 4 heteroatoms. The molecule has 0 saturated carbocycles. The third-order valence-electron chi connectivity index (χ3n) is 3.57. The van der Waals surface area contributed by atoms with Crippen LogP contribution in [0.3, 0.4) is 0 Å². The van der Waals surface area contributed by atoms with Crippen LogP contribution in [0.5, 0.6) is 0 Å². The van der Waals surface area contributed by atoms with Gasteiger partial charge in [0.1, 0.15) is 0 Å². The van der Waals surface area contributed by atoms with E-state index in [1.807, 2.05) is 12.1 Å². The van der Waals surface area contributed by atoms with Crippen molar-refractivity contribution in [3.63, 3.8) is 0 Å². The second kappa shape index (κ2) is 7.64. The quantitative estimate of drug-likeness (QED) is 0.668. The number of halogens is 3. The summed E-state index contributed by atoms with van der Waals surface area (Å²) < 4.78 is 1.13. The molecule has 0 aliphatic carbocycles. The average Bonchev–Trinajstić information content (AvgIpc) is 2.44. The van der Waals surface area contributed by atoms with E-state index in [0.717, 1.165) is 28.0 Å². The van der Waals surface area contributed by atoms with Crippen molar-refractivity contribution in [2.45, 2.75) is 26.3 Å². The first-order chi connectivity index (χ1) is 10.0. The van der Waals surface area contributed by atoms with Gasteiger partial charge in [-0.1, -0.05) is 64.3 Å². The zero-order chi connectivity index (χ0) is 15.4. The monoisotopic (exact) mass is 385 g/mol. The second-order valence-electron chi connectivity index (χ2n) is 5.00. The van der Waals surface area contributed by atoms with Crippen LogP contribution in [0.15, 0.2) is 40.9 Å². The van der Waals surface area contributed by atoms with Crippen LogP contribution >= 0.6 is 39.1 Å². The molecule has 0 aromatic heterocycles. The lowest BCUT2D eigenvalue weighted by molar-refractivity contribution is 0.547. The second-order valence-corrected chi connectivity index (χ2v) is 6.70. The summed E-state index contributed by atoms with van der Waals surface area (Å²) >= 11 is 15.9. The van der Waals surface area contributed by atoms with Gasteiger partial charge in [0.25, 0.3) is 0 Å². The minimum atomic E-state index is 0.228. The molecule has 0 radical (unpaired) electrons. The van der Waals surface area contributed by atoms with E-state index >= 15 is 0 Å². The highest BCUT2D eigenvalue weighted by Gasteiger charge is 2.16. The number of hydrogen-bond acceptors (Lipinski definition) is 1. The van der Waals surface area contributed by atoms with Gasteiger partial charge in [0.05, 0.1) is 0 Å². The zero-order valence-electron chi connectivity index (χ0n) is 12.1. The maximum Gasteiger partial charge on any atom is 0.0453 e. The van der Waals surface area contributed by atoms with Gasteiger partial charge in [-0.25, -0.2) is 0 Å². The summed E-state index contributed by atoms with van der Waals surface area (Å²) in [6.45, 7) is 5.15. The van der Waals surface area contributed by atoms with Crippen molar-refractivity contribution in [2.75, 3.05) is 6.54 Å². The summed E-state index contributed by atoms with van der Waals surface area (Å²) in [6.07, 6.45) is 0.834. The molecule has 1 nitrogen and oxygen atoms in total. The van der Waals surface area contributed by atoms with Crippen LogP contribution < -0.4 is 5.32 Å². The maximum absolute atomic E-state index is 6.31. The van der Waals surface area contributed by atoms with Crippen molar-refractivity contribution >= 4 is 39.1 Å². The van der Waals surface area contributed by atoms with Crippen molar-refractivity contribution in [3.8, 4) is 0 Å². The summed E-state index contributed by atoms with van der Waals surface area (Å²) in [5.74, 6) is 0. The summed E-state index contributed by atoms with van der Waals surface area (Å²) in [5, 5.41) is 4.93. The molecule has 0 heterocycles. The number of benzene rings is 2. The van der Waals surface area contributed by atoms with Gasteiger partial charge in [-0.15, -0.1) is 0 Å². The highest BCUT2D eigenvalue weighted by atomic mass is 79.9. The topological polar surface area (TPSA) is 12.0 Å². The number of nitrogens with one attached hydrogen (secondary N) is 1. The van der Waals surface area contributed by atoms with Gasteiger partial charge in [-0.05, 0) is 54.8 Å². The van der Waals surface area contributed by atoms with Crippen molar-refractivity contribution in [2.24, 2.45) is 0 Å². The molecule has 2 aromatic carbocycles. The molecular weight excluding hydrogens is 369 g/mol. The fourth-order valence-electron chi connectivity index (χ4n) is 2.45. The molecule has 1 N–H and O–H groups in total. The number of hydrogen-bond donors (Lipinski definition) is 1. The van der Waals surface area contributed by atoms with Gasteiger partial charge in [0.2, 0.25) is 0 Å². The first kappa shape index (κ1) is 16.8. The van der Waals surface area contributed by atoms with Crippen LogP contribution in [0.4, 0.5) is 0 Å². The molecule has 0 amide bonds. The summed E-state index contributed by atoms with van der Waals surface area (Å²) in [6, 6.07) is 12.2. The number of rotatable bonds is 5. The van der Waals surface area contributed by atoms with Crippen LogP contribution in [-0.4, -0.2) is 6.54 Å². The van der Waals surface area contributed by atoms with Crippen LogP contribution in [0.25, 0.3) is 0 Å². The smallest absolute Gasteiger partial charge is 0.0453 e. The Bertz CT molecular complexity index is 628. The normalized spacial score (nSPS) is 12.4. The standard InChI is InChI=1S/C17H18BrCl2N/c1-3-21-17(14-5-4-6-15(18)11(14)2)9-12-7-8-13(19)10-16(12)20/h4-8,10,17,21H,3,9H2,1-2H3. The Morgan fingerprint density at radius 1 is 1.19 bits per heavy atom. The zero-order valence-corrected chi connectivity index (χ0v) is 15.2. The first-order valence-corrected chi connectivity index (χ1v) is 8.50. The largest absolute Gasteiger partial charge is 0.310 e. The Hall–Kier alpha value is -0.540. The third-order valence-corrected chi connectivity index (χ3v) is 5.02. The minimum absolute atomic E-state index is 0.228. The molecule has 21 heavy (non-hydrogen) atoms. The van der Waals surface area contributed by atoms with Gasteiger partial charge >= 0.3 is 0 Å². The third kappa shape index (κ3) is 4.23. The highest BCUT2D eigenvalue weighted by molar-refractivity contribution is 9.10. The van der Waals surface area contributed by atoms with Crippen LogP contribution in [0, 0.1) is 6.92 Å². The van der Waals surface area contributed by atoms with Crippen molar-refractivity contribution in [1.29, 1.82) is 0 Å². The van der Waals surface area contributed by atoms with Gasteiger partial charge in [-0.3, -0.25) is 0 Å². The lowest BCUT2D eigenvalue weighted by atomic mass is 9.95. The maximum atomic E-state index is 6.31. The molecule has 112 valence electrons. The molecule has 1 atom stereocenters. The van der Waals surface area contributed by atoms with E-state index in [0.29, 0.717) is 5.02 Å². The first-order valence-electron chi connectivity index (χ1n) is 6.95. The lowest BCUT2D eigenvalue weighted by Crippen LogP contribution is -2.24. The molecular formula is C17H18BrCl2N. The van der Waals surface area contributed by atoms with Gasteiger partial charge in [-0.2, -0.15) is 0 Å². The Morgan fingerprint density at radius 3 is 2.62 bits per heavy atom. The van der Waals surface area contributed by atoms with E-state index in [9.17, 15) is 0 Å². The summed E-state index contributed by atoms with van der Waals surface area (Å²) in [7, 11) is 0. The molecule has 1 unspecified atom stereocenters. The van der Waals surface area contributed by atoms with E-state index in [1.165, 1.54) is 11.1 Å². The Labute approximate surface area is 144 Å². The van der Waals surface area contributed by atoms with Crippen molar-refractivity contribution < 1.29 is 0 Å². The molecule has 0 spiro atoms. The van der Waals surface area contributed by atoms with Crippen molar-refractivity contribution in [3.05, 3.63) is 67.6 Å². The van der Waals surface area contributed by atoms with Gasteiger partial charge in [0.15, 0.2) is 0 Å². The molecule has 2 rings (SSSR count). The van der Waals surface area contributed by atoms with E-state index in [1.54, 1.807) is 6.07 Å². The van der Waals surface area contributed by atoms with E-state index in [4.69, 9.17) is 23.2 Å². The molecule has 0 aliphatic heterocycles. The van der Waals surface area contributed by atoms with E-state index in [2.05, 4.69) is 53.3 Å². The van der Waals surface area contributed by atoms with Crippen LogP contribution in [-0.2, 0) is 6.42 Å². The summed E-state index contributed by atoms with van der Waals surface area (Å²) in [4.78, 5) is 0. The highest BCUT2D eigenvalue weighted by Crippen LogP contribution is 2.30. The van der Waals surface area contributed by atoms with Crippen molar-refractivity contribution in [1.82, 2.24) is 5.32 Å².